The van der Waals surface area contributed by atoms with Crippen LogP contribution in [0.2, 0.25) is 0 Å². The third-order valence-corrected chi connectivity index (χ3v) is 3.68. The van der Waals surface area contributed by atoms with E-state index in [0.717, 1.165) is 22.9 Å². The number of anilines is 1. The molecule has 0 radical (unpaired) electrons. The van der Waals surface area contributed by atoms with Gasteiger partial charge in [0.1, 0.15) is 5.54 Å². The van der Waals surface area contributed by atoms with Crippen LogP contribution in [0.15, 0.2) is 11.2 Å². The molecular weight excluding hydrogens is 198 g/mol. The van der Waals surface area contributed by atoms with Crippen LogP contribution in [0.3, 0.4) is 0 Å². The smallest absolute Gasteiger partial charge is 0.235 e. The molecule has 1 fully saturated rings. The second kappa shape index (κ2) is 3.19. The number of thiazole rings is 1. The van der Waals surface area contributed by atoms with Gasteiger partial charge in [-0.2, -0.15) is 4.99 Å². The lowest BCUT2D eigenvalue weighted by atomic mass is 10.2. The van der Waals surface area contributed by atoms with Gasteiger partial charge >= 0.3 is 0 Å². The molecule has 1 saturated carbocycles. The summed E-state index contributed by atoms with van der Waals surface area (Å²) >= 11 is 1.59. The Kier molecular flexibility index (Phi) is 2.13. The van der Waals surface area contributed by atoms with Gasteiger partial charge < -0.3 is 4.90 Å². The molecule has 1 aliphatic carbocycles. The first kappa shape index (κ1) is 9.37. The van der Waals surface area contributed by atoms with E-state index >= 15 is 0 Å². The van der Waals surface area contributed by atoms with Crippen LogP contribution < -0.4 is 4.90 Å². The molecule has 0 aromatic carbocycles. The molecule has 0 spiro atoms. The predicted molar refractivity (Wildman–Crippen MR) is 55.5 cm³/mol. The van der Waals surface area contributed by atoms with Crippen molar-refractivity contribution in [3.63, 3.8) is 0 Å². The SMILES string of the molecule is CN(C)c1ncc(C2(N=C=O)CC2)s1. The minimum atomic E-state index is -0.270. The average molecular weight is 209 g/mol. The Labute approximate surface area is 86.3 Å². The molecule has 0 unspecified atom stereocenters. The molecule has 74 valence electrons. The summed E-state index contributed by atoms with van der Waals surface area (Å²) in [6.07, 6.45) is 5.34. The van der Waals surface area contributed by atoms with Crippen molar-refractivity contribution in [2.24, 2.45) is 4.99 Å². The van der Waals surface area contributed by atoms with Crippen LogP contribution in [0, 0.1) is 0 Å². The lowest BCUT2D eigenvalue weighted by Gasteiger charge is -2.06. The summed E-state index contributed by atoms with van der Waals surface area (Å²) in [7, 11) is 3.90. The number of rotatable bonds is 3. The number of aliphatic imine (C=N–C) groups is 1. The molecule has 0 atom stereocenters. The van der Waals surface area contributed by atoms with Crippen molar-refractivity contribution in [2.75, 3.05) is 19.0 Å². The highest BCUT2D eigenvalue weighted by Crippen LogP contribution is 2.51. The quantitative estimate of drug-likeness (QED) is 0.560. The molecular formula is C9H11N3OS. The topological polar surface area (TPSA) is 45.6 Å². The average Bonchev–Trinajstić information content (AvgIpc) is 2.77. The number of nitrogens with zero attached hydrogens (tertiary/aromatic N) is 3. The number of isocyanates is 1. The monoisotopic (exact) mass is 209 g/mol. The van der Waals surface area contributed by atoms with E-state index in [-0.39, 0.29) is 5.54 Å². The molecule has 14 heavy (non-hydrogen) atoms. The lowest BCUT2D eigenvalue weighted by molar-refractivity contribution is 0.557. The number of hydrogen-bond acceptors (Lipinski definition) is 5. The van der Waals surface area contributed by atoms with Gasteiger partial charge in [-0.05, 0) is 12.8 Å². The fourth-order valence-corrected chi connectivity index (χ4v) is 2.34. The second-order valence-corrected chi connectivity index (χ2v) is 4.65. The van der Waals surface area contributed by atoms with Crippen LogP contribution >= 0.6 is 11.3 Å². The van der Waals surface area contributed by atoms with Gasteiger partial charge in [0, 0.05) is 20.3 Å². The molecule has 0 N–H and O–H groups in total. The first-order chi connectivity index (χ1) is 6.68. The van der Waals surface area contributed by atoms with Crippen LogP contribution in [0.5, 0.6) is 0 Å². The fraction of sp³-hybridized carbons (Fsp3) is 0.556. The van der Waals surface area contributed by atoms with Crippen LogP contribution in [0.4, 0.5) is 5.13 Å². The molecule has 1 aromatic heterocycles. The molecule has 0 bridgehead atoms. The van der Waals surface area contributed by atoms with Crippen LogP contribution in [0.25, 0.3) is 0 Å². The zero-order valence-electron chi connectivity index (χ0n) is 8.15. The minimum Gasteiger partial charge on any atom is -0.354 e. The van der Waals surface area contributed by atoms with Crippen molar-refractivity contribution in [1.82, 2.24) is 4.98 Å². The van der Waals surface area contributed by atoms with Crippen molar-refractivity contribution in [2.45, 2.75) is 18.4 Å². The van der Waals surface area contributed by atoms with Gasteiger partial charge in [0.15, 0.2) is 5.13 Å². The van der Waals surface area contributed by atoms with Crippen LogP contribution in [-0.2, 0) is 10.3 Å². The Morgan fingerprint density at radius 3 is 2.79 bits per heavy atom. The van der Waals surface area contributed by atoms with Crippen LogP contribution in [-0.4, -0.2) is 25.2 Å². The first-order valence-electron chi connectivity index (χ1n) is 4.41. The Bertz CT molecular complexity index is 389. The Hall–Kier alpha value is -1.19. The molecule has 5 heteroatoms. The van der Waals surface area contributed by atoms with Crippen LogP contribution in [0.1, 0.15) is 17.7 Å². The zero-order valence-corrected chi connectivity index (χ0v) is 8.97. The van der Waals surface area contributed by atoms with Gasteiger partial charge in [-0.15, -0.1) is 0 Å². The predicted octanol–water partition coefficient (Wildman–Crippen LogP) is 1.53. The molecule has 1 aromatic rings. The van der Waals surface area contributed by atoms with Gasteiger partial charge in [-0.3, -0.25) is 0 Å². The summed E-state index contributed by atoms with van der Waals surface area (Å²) < 4.78 is 0. The van der Waals surface area contributed by atoms with Crippen molar-refractivity contribution in [1.29, 1.82) is 0 Å². The van der Waals surface area contributed by atoms with E-state index in [0.29, 0.717) is 0 Å². The summed E-state index contributed by atoms with van der Waals surface area (Å²) in [5, 5.41) is 0.951. The number of aromatic nitrogens is 1. The standard InChI is InChI=1S/C9H11N3OS/c1-12(2)8-10-5-7(14-8)9(3-4-9)11-6-13/h5H,3-4H2,1-2H3. The summed E-state index contributed by atoms with van der Waals surface area (Å²) in [5.41, 5.74) is -0.270. The normalized spacial score (nSPS) is 17.3. The Morgan fingerprint density at radius 1 is 1.64 bits per heavy atom. The molecule has 0 saturated heterocycles. The summed E-state index contributed by atoms with van der Waals surface area (Å²) in [6, 6.07) is 0. The van der Waals surface area contributed by atoms with Crippen molar-refractivity contribution < 1.29 is 4.79 Å². The highest BCUT2D eigenvalue weighted by Gasteiger charge is 2.46. The van der Waals surface area contributed by atoms with Gasteiger partial charge in [0.25, 0.3) is 0 Å². The van der Waals surface area contributed by atoms with E-state index in [9.17, 15) is 4.79 Å². The highest BCUT2D eigenvalue weighted by molar-refractivity contribution is 7.15. The van der Waals surface area contributed by atoms with Crippen molar-refractivity contribution in [3.05, 3.63) is 11.1 Å². The molecule has 1 heterocycles. The molecule has 0 aliphatic heterocycles. The summed E-state index contributed by atoms with van der Waals surface area (Å²) in [5.74, 6) is 0. The van der Waals surface area contributed by atoms with Crippen molar-refractivity contribution >= 4 is 22.5 Å². The summed E-state index contributed by atoms with van der Waals surface area (Å²) in [6.45, 7) is 0. The maximum Gasteiger partial charge on any atom is 0.235 e. The second-order valence-electron chi connectivity index (χ2n) is 3.64. The molecule has 2 rings (SSSR count). The molecule has 4 nitrogen and oxygen atoms in total. The Morgan fingerprint density at radius 2 is 2.36 bits per heavy atom. The third-order valence-electron chi connectivity index (χ3n) is 2.32. The maximum atomic E-state index is 10.3. The molecule has 0 amide bonds. The van der Waals surface area contributed by atoms with E-state index in [1.807, 2.05) is 25.2 Å². The van der Waals surface area contributed by atoms with E-state index in [4.69, 9.17) is 0 Å². The van der Waals surface area contributed by atoms with E-state index < -0.39 is 0 Å². The fourth-order valence-electron chi connectivity index (χ4n) is 1.31. The largest absolute Gasteiger partial charge is 0.354 e. The minimum absolute atomic E-state index is 0.270. The van der Waals surface area contributed by atoms with E-state index in [2.05, 4.69) is 9.98 Å². The van der Waals surface area contributed by atoms with E-state index in [1.165, 1.54) is 0 Å². The lowest BCUT2D eigenvalue weighted by Crippen LogP contribution is -2.07. The highest BCUT2D eigenvalue weighted by atomic mass is 32.1. The summed E-state index contributed by atoms with van der Waals surface area (Å²) in [4.78, 5) is 21.4. The van der Waals surface area contributed by atoms with Crippen molar-refractivity contribution in [3.8, 4) is 0 Å². The maximum absolute atomic E-state index is 10.3. The third kappa shape index (κ3) is 1.45. The van der Waals surface area contributed by atoms with Gasteiger partial charge in [0.2, 0.25) is 6.08 Å². The van der Waals surface area contributed by atoms with Gasteiger partial charge in [-0.25, -0.2) is 9.78 Å². The first-order valence-corrected chi connectivity index (χ1v) is 5.22. The van der Waals surface area contributed by atoms with E-state index in [1.54, 1.807) is 17.4 Å². The Balaban J connectivity index is 2.29. The number of hydrogen-bond donors (Lipinski definition) is 0. The van der Waals surface area contributed by atoms with Gasteiger partial charge in [-0.1, -0.05) is 11.3 Å². The number of carbonyl (C=O) groups excluding carboxylic acids is 1. The zero-order chi connectivity index (χ0) is 10.2. The molecule has 1 aliphatic rings. The van der Waals surface area contributed by atoms with Gasteiger partial charge in [0.05, 0.1) is 4.88 Å².